The van der Waals surface area contributed by atoms with Crippen molar-refractivity contribution in [2.24, 2.45) is 0 Å². The van der Waals surface area contributed by atoms with E-state index in [1.807, 2.05) is 6.08 Å². The molecule has 0 rings (SSSR count). The number of aliphatic hydroxyl groups excluding tert-OH is 2. The van der Waals surface area contributed by atoms with Crippen LogP contribution < -0.4 is 5.32 Å². The van der Waals surface area contributed by atoms with Gasteiger partial charge in [0.15, 0.2) is 0 Å². The Morgan fingerprint density at radius 1 is 0.426 bits per heavy atom. The molecule has 54 heavy (non-hydrogen) atoms. The molecule has 0 spiro atoms. The first kappa shape index (κ1) is 52.9. The van der Waals surface area contributed by atoms with Crippen molar-refractivity contribution in [3.05, 3.63) is 24.3 Å². The molecule has 0 fully saturated rings. The number of carbonyl (C=O) groups is 1. The lowest BCUT2D eigenvalue weighted by atomic mass is 10.0. The van der Waals surface area contributed by atoms with Gasteiger partial charge in [-0.15, -0.1) is 0 Å². The van der Waals surface area contributed by atoms with Crippen molar-refractivity contribution in [1.82, 2.24) is 5.32 Å². The molecular weight excluding hydrogens is 663 g/mol. The van der Waals surface area contributed by atoms with Crippen LogP contribution in [0.25, 0.3) is 0 Å². The summed E-state index contributed by atoms with van der Waals surface area (Å²) < 4.78 is 0. The topological polar surface area (TPSA) is 69.6 Å². The maximum absolute atomic E-state index is 12.3. The van der Waals surface area contributed by atoms with Gasteiger partial charge in [-0.2, -0.15) is 0 Å². The zero-order chi connectivity index (χ0) is 39.3. The van der Waals surface area contributed by atoms with Gasteiger partial charge in [0.05, 0.1) is 18.8 Å². The van der Waals surface area contributed by atoms with Gasteiger partial charge in [0.25, 0.3) is 0 Å². The second-order valence-corrected chi connectivity index (χ2v) is 16.9. The number of hydrogen-bond donors (Lipinski definition) is 3. The number of nitrogens with one attached hydrogen (secondary N) is 1. The van der Waals surface area contributed by atoms with Gasteiger partial charge in [-0.1, -0.05) is 263 Å². The van der Waals surface area contributed by atoms with Gasteiger partial charge in [-0.25, -0.2) is 0 Å². The van der Waals surface area contributed by atoms with Crippen molar-refractivity contribution in [3.63, 3.8) is 0 Å². The molecule has 0 aromatic carbocycles. The third-order valence-electron chi connectivity index (χ3n) is 11.4. The minimum Gasteiger partial charge on any atom is -0.394 e. The van der Waals surface area contributed by atoms with Crippen LogP contribution in [0.2, 0.25) is 0 Å². The van der Waals surface area contributed by atoms with E-state index < -0.39 is 12.1 Å². The summed E-state index contributed by atoms with van der Waals surface area (Å²) in [4.78, 5) is 12.3. The van der Waals surface area contributed by atoms with Gasteiger partial charge < -0.3 is 15.5 Å². The Hall–Kier alpha value is -1.13. The van der Waals surface area contributed by atoms with E-state index >= 15 is 0 Å². The van der Waals surface area contributed by atoms with E-state index in [1.54, 1.807) is 6.08 Å². The van der Waals surface area contributed by atoms with Gasteiger partial charge >= 0.3 is 0 Å². The summed E-state index contributed by atoms with van der Waals surface area (Å²) in [6.45, 7) is 4.21. The quantitative estimate of drug-likeness (QED) is 0.0428. The first-order valence-electron chi connectivity index (χ1n) is 24.6. The molecule has 4 nitrogen and oxygen atoms in total. The lowest BCUT2D eigenvalue weighted by Crippen LogP contribution is -2.45. The summed E-state index contributed by atoms with van der Waals surface area (Å²) in [6.07, 6.45) is 60.8. The summed E-state index contributed by atoms with van der Waals surface area (Å²) in [5.41, 5.74) is 0. The molecule has 4 heteroatoms. The third-order valence-corrected chi connectivity index (χ3v) is 11.4. The van der Waals surface area contributed by atoms with Crippen molar-refractivity contribution < 1.29 is 15.0 Å². The normalized spacial score (nSPS) is 13.0. The number of aliphatic hydroxyl groups is 2. The van der Waals surface area contributed by atoms with Crippen LogP contribution in [0.5, 0.6) is 0 Å². The van der Waals surface area contributed by atoms with Crippen molar-refractivity contribution in [3.8, 4) is 0 Å². The average molecular weight is 760 g/mol. The summed E-state index contributed by atoms with van der Waals surface area (Å²) in [5, 5.41) is 22.7. The molecule has 0 aromatic heterocycles. The van der Waals surface area contributed by atoms with Gasteiger partial charge in [0.1, 0.15) is 0 Å². The molecular formula is C50H97NO3. The van der Waals surface area contributed by atoms with Crippen LogP contribution in [0.1, 0.15) is 271 Å². The predicted molar refractivity (Wildman–Crippen MR) is 239 cm³/mol. The van der Waals surface area contributed by atoms with Crippen molar-refractivity contribution in [2.75, 3.05) is 6.61 Å². The molecule has 0 radical (unpaired) electrons. The number of amides is 1. The molecule has 1 amide bonds. The fourth-order valence-electron chi connectivity index (χ4n) is 7.67. The summed E-state index contributed by atoms with van der Waals surface area (Å²) in [5.74, 6) is -0.0740. The first-order valence-corrected chi connectivity index (χ1v) is 24.6. The maximum Gasteiger partial charge on any atom is 0.220 e. The lowest BCUT2D eigenvalue weighted by molar-refractivity contribution is -0.123. The van der Waals surface area contributed by atoms with Gasteiger partial charge in [0, 0.05) is 6.42 Å². The molecule has 0 saturated heterocycles. The molecule has 0 bridgehead atoms. The van der Waals surface area contributed by atoms with Crippen LogP contribution in [-0.4, -0.2) is 34.9 Å². The van der Waals surface area contributed by atoms with Crippen molar-refractivity contribution in [1.29, 1.82) is 0 Å². The van der Waals surface area contributed by atoms with Crippen LogP contribution in [0.3, 0.4) is 0 Å². The Kier molecular flexibility index (Phi) is 45.3. The molecule has 0 aromatic rings. The Morgan fingerprint density at radius 3 is 1.04 bits per heavy atom. The highest BCUT2D eigenvalue weighted by molar-refractivity contribution is 5.76. The molecule has 0 heterocycles. The fraction of sp³-hybridized carbons (Fsp3) is 0.900. The number of carbonyl (C=O) groups excluding carboxylic acids is 1. The highest BCUT2D eigenvalue weighted by Gasteiger charge is 2.17. The third kappa shape index (κ3) is 42.0. The van der Waals surface area contributed by atoms with Crippen LogP contribution in [0.4, 0.5) is 0 Å². The maximum atomic E-state index is 12.3. The van der Waals surface area contributed by atoms with E-state index in [0.717, 1.165) is 38.5 Å². The Bertz CT molecular complexity index is 780. The van der Waals surface area contributed by atoms with E-state index in [9.17, 15) is 15.0 Å². The standard InChI is InChI=1S/C50H97NO3/c1-3-5-7-9-11-12-13-14-15-16-17-18-19-20-21-22-23-24-25-26-27-28-29-30-31-32-33-34-35-36-37-38-40-42-44-46-50(54)51-48(47-52)49(53)45-43-41-39-10-8-6-4-2/h8,10,43,45,48-49,52-53H,3-7,9,11-42,44,46-47H2,1-2H3,(H,51,54)/b10-8+,45-43+. The molecule has 0 aliphatic rings. The summed E-state index contributed by atoms with van der Waals surface area (Å²) >= 11 is 0. The van der Waals surface area contributed by atoms with E-state index in [2.05, 4.69) is 31.3 Å². The summed E-state index contributed by atoms with van der Waals surface area (Å²) in [7, 11) is 0. The molecule has 320 valence electrons. The minimum absolute atomic E-state index is 0.0740. The monoisotopic (exact) mass is 760 g/mol. The first-order chi connectivity index (χ1) is 26.7. The number of rotatable bonds is 45. The van der Waals surface area contributed by atoms with Crippen LogP contribution in [0.15, 0.2) is 24.3 Å². The Morgan fingerprint density at radius 2 is 0.722 bits per heavy atom. The van der Waals surface area contributed by atoms with Gasteiger partial charge in [-0.3, -0.25) is 4.79 Å². The number of hydrogen-bond acceptors (Lipinski definition) is 3. The lowest BCUT2D eigenvalue weighted by Gasteiger charge is -2.19. The largest absolute Gasteiger partial charge is 0.394 e. The van der Waals surface area contributed by atoms with Gasteiger partial charge in [-0.05, 0) is 25.7 Å². The minimum atomic E-state index is -0.855. The van der Waals surface area contributed by atoms with Gasteiger partial charge in [0.2, 0.25) is 5.91 Å². The van der Waals surface area contributed by atoms with E-state index in [-0.39, 0.29) is 12.5 Å². The highest BCUT2D eigenvalue weighted by atomic mass is 16.3. The molecule has 2 atom stereocenters. The number of allylic oxidation sites excluding steroid dienone is 3. The number of unbranched alkanes of at least 4 members (excludes halogenated alkanes) is 36. The van der Waals surface area contributed by atoms with E-state index in [1.165, 1.54) is 212 Å². The zero-order valence-corrected chi connectivity index (χ0v) is 36.8. The Balaban J connectivity index is 3.31. The zero-order valence-electron chi connectivity index (χ0n) is 36.8. The highest BCUT2D eigenvalue weighted by Crippen LogP contribution is 2.17. The average Bonchev–Trinajstić information content (AvgIpc) is 3.18. The van der Waals surface area contributed by atoms with E-state index in [4.69, 9.17) is 0 Å². The van der Waals surface area contributed by atoms with Crippen LogP contribution in [-0.2, 0) is 4.79 Å². The fourth-order valence-corrected chi connectivity index (χ4v) is 7.67. The van der Waals surface area contributed by atoms with E-state index in [0.29, 0.717) is 6.42 Å². The van der Waals surface area contributed by atoms with Crippen LogP contribution >= 0.6 is 0 Å². The van der Waals surface area contributed by atoms with Crippen LogP contribution in [0, 0.1) is 0 Å². The molecule has 0 saturated carbocycles. The second-order valence-electron chi connectivity index (χ2n) is 16.9. The molecule has 0 aliphatic carbocycles. The smallest absolute Gasteiger partial charge is 0.220 e. The molecule has 2 unspecified atom stereocenters. The molecule has 0 aliphatic heterocycles. The predicted octanol–water partition coefficient (Wildman–Crippen LogP) is 15.6. The summed E-state index contributed by atoms with van der Waals surface area (Å²) in [6, 6.07) is -0.632. The Labute approximate surface area is 339 Å². The van der Waals surface area contributed by atoms with Crippen molar-refractivity contribution >= 4 is 5.91 Å². The van der Waals surface area contributed by atoms with Crippen molar-refractivity contribution in [2.45, 2.75) is 283 Å². The second kappa shape index (κ2) is 46.3. The molecule has 3 N–H and O–H groups in total. The SMILES string of the molecule is CCC/C=C/CC/C=C/C(O)C(CO)NC(=O)CCCCCCCCCCCCCCCCCCCCCCCCCCCCCCCCCCCCC.